The summed E-state index contributed by atoms with van der Waals surface area (Å²) in [4.78, 5) is 25.3. The summed E-state index contributed by atoms with van der Waals surface area (Å²) in [6.45, 7) is 1.33. The van der Waals surface area contributed by atoms with E-state index in [4.69, 9.17) is 28.3 Å². The number of amides is 1. The average molecular weight is 356 g/mol. The minimum atomic E-state index is -0.692. The van der Waals surface area contributed by atoms with E-state index in [0.717, 1.165) is 24.8 Å². The second kappa shape index (κ2) is 6.33. The predicted molar refractivity (Wildman–Crippen MR) is 88.8 cm³/mol. The number of hydrogen-bond acceptors (Lipinski definition) is 2. The summed E-state index contributed by atoms with van der Waals surface area (Å²) in [5.41, 5.74) is 0.883. The number of nitrogens with zero attached hydrogens (tertiary/aromatic N) is 1. The summed E-state index contributed by atoms with van der Waals surface area (Å²) < 4.78 is 0. The van der Waals surface area contributed by atoms with Crippen LogP contribution < -0.4 is 0 Å². The van der Waals surface area contributed by atoms with Crippen molar-refractivity contribution >= 4 is 35.1 Å². The molecule has 1 spiro atoms. The molecule has 0 aromatic heterocycles. The van der Waals surface area contributed by atoms with Gasteiger partial charge in [0.05, 0.1) is 5.92 Å². The molecule has 1 atom stereocenters. The molecule has 1 aliphatic carbocycles. The first-order valence-electron chi connectivity index (χ1n) is 7.86. The molecule has 23 heavy (non-hydrogen) atoms. The molecule has 2 aliphatic rings. The van der Waals surface area contributed by atoms with E-state index in [1.54, 1.807) is 12.1 Å². The topological polar surface area (TPSA) is 57.6 Å². The highest BCUT2D eigenvalue weighted by molar-refractivity contribution is 6.35. The van der Waals surface area contributed by atoms with Gasteiger partial charge in [0.2, 0.25) is 5.91 Å². The van der Waals surface area contributed by atoms with Crippen molar-refractivity contribution in [3.8, 4) is 0 Å². The van der Waals surface area contributed by atoms with Crippen LogP contribution in [0.3, 0.4) is 0 Å². The average Bonchev–Trinajstić information content (AvgIpc) is 3.21. The first kappa shape index (κ1) is 16.6. The fraction of sp³-hybridized carbons (Fsp3) is 0.529. The Morgan fingerprint density at radius 1 is 1.26 bits per heavy atom. The predicted octanol–water partition coefficient (Wildman–Crippen LogP) is 3.64. The minimum Gasteiger partial charge on any atom is -0.481 e. The Morgan fingerprint density at radius 2 is 1.96 bits per heavy atom. The van der Waals surface area contributed by atoms with Crippen LogP contribution in [0.4, 0.5) is 0 Å². The Morgan fingerprint density at radius 3 is 2.52 bits per heavy atom. The van der Waals surface area contributed by atoms with Crippen LogP contribution in [0.2, 0.25) is 10.0 Å². The zero-order chi connectivity index (χ0) is 16.6. The van der Waals surface area contributed by atoms with E-state index in [9.17, 15) is 9.59 Å². The van der Waals surface area contributed by atoms with Crippen molar-refractivity contribution in [2.45, 2.75) is 32.1 Å². The Kier molecular flexibility index (Phi) is 4.56. The van der Waals surface area contributed by atoms with E-state index < -0.39 is 5.97 Å². The Balaban J connectivity index is 1.49. The van der Waals surface area contributed by atoms with E-state index in [2.05, 4.69) is 0 Å². The Labute approximate surface area is 145 Å². The zero-order valence-electron chi connectivity index (χ0n) is 12.7. The molecule has 124 valence electrons. The third-order valence-electron chi connectivity index (χ3n) is 5.22. The number of carboxylic acid groups (broad SMARTS) is 1. The number of rotatable bonds is 4. The lowest BCUT2D eigenvalue weighted by molar-refractivity contribution is -0.139. The van der Waals surface area contributed by atoms with Crippen LogP contribution in [0.15, 0.2) is 18.2 Å². The SMILES string of the molecule is O=C(O)C1CC12CCN(C(=O)CCc1ccc(Cl)cc1Cl)CC2. The van der Waals surface area contributed by atoms with E-state index in [1.165, 1.54) is 0 Å². The quantitative estimate of drug-likeness (QED) is 0.896. The largest absolute Gasteiger partial charge is 0.481 e. The van der Waals surface area contributed by atoms with Crippen LogP contribution in [0.5, 0.6) is 0 Å². The number of aryl methyl sites for hydroxylation is 1. The monoisotopic (exact) mass is 355 g/mol. The molecule has 1 saturated heterocycles. The highest BCUT2D eigenvalue weighted by Crippen LogP contribution is 2.59. The molecule has 6 heteroatoms. The van der Waals surface area contributed by atoms with Crippen molar-refractivity contribution in [1.29, 1.82) is 0 Å². The highest BCUT2D eigenvalue weighted by atomic mass is 35.5. The Hall–Kier alpha value is -1.26. The van der Waals surface area contributed by atoms with Crippen LogP contribution in [0, 0.1) is 11.3 Å². The molecule has 0 radical (unpaired) electrons. The molecule has 1 heterocycles. The summed E-state index contributed by atoms with van der Waals surface area (Å²) >= 11 is 12.0. The number of carbonyl (C=O) groups excluding carboxylic acids is 1. The molecule has 1 aromatic carbocycles. The van der Waals surface area contributed by atoms with E-state index in [1.807, 2.05) is 11.0 Å². The number of hydrogen-bond donors (Lipinski definition) is 1. The van der Waals surface area contributed by atoms with Crippen molar-refractivity contribution in [3.63, 3.8) is 0 Å². The molecule has 1 aliphatic heterocycles. The van der Waals surface area contributed by atoms with Gasteiger partial charge in [-0.25, -0.2) is 0 Å². The molecular weight excluding hydrogens is 337 g/mol. The summed E-state index contributed by atoms with van der Waals surface area (Å²) in [5, 5.41) is 10.3. The maximum absolute atomic E-state index is 12.3. The lowest BCUT2D eigenvalue weighted by Gasteiger charge is -2.32. The lowest BCUT2D eigenvalue weighted by atomic mass is 9.90. The number of benzene rings is 1. The van der Waals surface area contributed by atoms with Gasteiger partial charge in [-0.2, -0.15) is 0 Å². The number of piperidine rings is 1. The third kappa shape index (κ3) is 3.48. The van der Waals surface area contributed by atoms with Crippen molar-refractivity contribution in [2.24, 2.45) is 11.3 Å². The van der Waals surface area contributed by atoms with Crippen LogP contribution in [-0.4, -0.2) is 35.0 Å². The van der Waals surface area contributed by atoms with Gasteiger partial charge in [-0.1, -0.05) is 29.3 Å². The molecule has 1 amide bonds. The van der Waals surface area contributed by atoms with Crippen molar-refractivity contribution in [3.05, 3.63) is 33.8 Å². The molecule has 1 aromatic rings. The van der Waals surface area contributed by atoms with Crippen LogP contribution in [0.1, 0.15) is 31.2 Å². The second-order valence-electron chi connectivity index (χ2n) is 6.57. The summed E-state index contributed by atoms with van der Waals surface area (Å²) in [7, 11) is 0. The van der Waals surface area contributed by atoms with Gasteiger partial charge in [0.15, 0.2) is 0 Å². The fourth-order valence-corrected chi connectivity index (χ4v) is 4.08. The van der Waals surface area contributed by atoms with Crippen molar-refractivity contribution in [2.75, 3.05) is 13.1 Å². The van der Waals surface area contributed by atoms with Crippen molar-refractivity contribution in [1.82, 2.24) is 4.90 Å². The highest BCUT2D eigenvalue weighted by Gasteiger charge is 2.59. The standard InChI is InChI=1S/C17H19Cl2NO3/c18-12-3-1-11(14(19)9-12)2-4-15(21)20-7-5-17(6-8-20)10-13(17)16(22)23/h1,3,9,13H,2,4-8,10H2,(H,22,23). The zero-order valence-corrected chi connectivity index (χ0v) is 14.2. The minimum absolute atomic E-state index is 0.0396. The van der Waals surface area contributed by atoms with Gasteiger partial charge in [-0.15, -0.1) is 0 Å². The van der Waals surface area contributed by atoms with Crippen LogP contribution in [-0.2, 0) is 16.0 Å². The van der Waals surface area contributed by atoms with Gasteiger partial charge in [0, 0.05) is 29.6 Å². The second-order valence-corrected chi connectivity index (χ2v) is 7.42. The molecule has 4 nitrogen and oxygen atoms in total. The van der Waals surface area contributed by atoms with E-state index in [0.29, 0.717) is 36.0 Å². The summed E-state index contributed by atoms with van der Waals surface area (Å²) in [5.74, 6) is -0.784. The molecule has 1 N–H and O–H groups in total. The smallest absolute Gasteiger partial charge is 0.307 e. The van der Waals surface area contributed by atoms with Gasteiger partial charge in [-0.3, -0.25) is 9.59 Å². The normalized spacial score (nSPS) is 22.2. The van der Waals surface area contributed by atoms with Crippen molar-refractivity contribution < 1.29 is 14.7 Å². The maximum atomic E-state index is 12.3. The van der Waals surface area contributed by atoms with Gasteiger partial charge in [0.25, 0.3) is 0 Å². The van der Waals surface area contributed by atoms with Gasteiger partial charge in [0.1, 0.15) is 0 Å². The number of carboxylic acids is 1. The first-order valence-corrected chi connectivity index (χ1v) is 8.61. The lowest BCUT2D eigenvalue weighted by Crippen LogP contribution is -2.40. The molecule has 1 unspecified atom stereocenters. The number of carbonyl (C=O) groups is 2. The van der Waals surface area contributed by atoms with Crippen LogP contribution >= 0.6 is 23.2 Å². The van der Waals surface area contributed by atoms with Gasteiger partial charge < -0.3 is 10.0 Å². The molecule has 1 saturated carbocycles. The molecule has 2 fully saturated rings. The van der Waals surface area contributed by atoms with E-state index in [-0.39, 0.29) is 17.2 Å². The van der Waals surface area contributed by atoms with Gasteiger partial charge in [-0.05, 0) is 48.8 Å². The summed E-state index contributed by atoms with van der Waals surface area (Å²) in [6.07, 6.45) is 3.38. The summed E-state index contributed by atoms with van der Waals surface area (Å²) in [6, 6.07) is 5.31. The molecule has 0 bridgehead atoms. The van der Waals surface area contributed by atoms with E-state index >= 15 is 0 Å². The number of likely N-dealkylation sites (tertiary alicyclic amines) is 1. The Bertz CT molecular complexity index is 639. The fourth-order valence-electron chi connectivity index (χ4n) is 3.58. The molecule has 3 rings (SSSR count). The number of aliphatic carboxylic acids is 1. The van der Waals surface area contributed by atoms with Crippen LogP contribution in [0.25, 0.3) is 0 Å². The third-order valence-corrected chi connectivity index (χ3v) is 5.81. The number of halogens is 2. The van der Waals surface area contributed by atoms with Gasteiger partial charge >= 0.3 is 5.97 Å². The maximum Gasteiger partial charge on any atom is 0.307 e. The first-order chi connectivity index (χ1) is 10.9. The molecular formula is C17H19Cl2NO3.